The fourth-order valence-corrected chi connectivity index (χ4v) is 2.34. The van der Waals surface area contributed by atoms with Gasteiger partial charge in [-0.1, -0.05) is 18.2 Å². The van der Waals surface area contributed by atoms with E-state index >= 15 is 0 Å². The first-order valence-electron chi connectivity index (χ1n) is 6.79. The van der Waals surface area contributed by atoms with Gasteiger partial charge in [0.2, 0.25) is 5.88 Å². The molecule has 5 nitrogen and oxygen atoms in total. The highest BCUT2D eigenvalue weighted by Crippen LogP contribution is 2.27. The van der Waals surface area contributed by atoms with Gasteiger partial charge in [-0.15, -0.1) is 0 Å². The van der Waals surface area contributed by atoms with E-state index in [-0.39, 0.29) is 12.0 Å². The van der Waals surface area contributed by atoms with Crippen LogP contribution in [0.4, 0.5) is 0 Å². The van der Waals surface area contributed by atoms with Crippen LogP contribution in [0.15, 0.2) is 42.6 Å². The van der Waals surface area contributed by atoms with Crippen molar-refractivity contribution in [2.45, 2.75) is 12.5 Å². The Bertz CT molecular complexity index is 632. The maximum Gasteiger partial charge on any atom is 0.251 e. The van der Waals surface area contributed by atoms with Crippen molar-refractivity contribution in [3.05, 3.63) is 53.7 Å². The van der Waals surface area contributed by atoms with Crippen molar-refractivity contribution in [2.24, 2.45) is 0 Å². The average molecular weight is 284 g/mol. The number of carbonyl (C=O) groups is 1. The zero-order chi connectivity index (χ0) is 14.7. The number of benzene rings is 1. The van der Waals surface area contributed by atoms with Gasteiger partial charge in [-0.05, 0) is 17.7 Å². The van der Waals surface area contributed by atoms with Gasteiger partial charge < -0.3 is 14.8 Å². The first kappa shape index (κ1) is 13.4. The van der Waals surface area contributed by atoms with Crippen molar-refractivity contribution < 1.29 is 14.3 Å². The molecule has 3 rings (SSSR count). The largest absolute Gasteiger partial charge is 0.488 e. The number of nitrogens with one attached hydrogen (secondary N) is 1. The van der Waals surface area contributed by atoms with E-state index in [9.17, 15) is 4.79 Å². The van der Waals surface area contributed by atoms with Crippen LogP contribution in [0.3, 0.4) is 0 Å². The van der Waals surface area contributed by atoms with Crippen LogP contribution in [-0.2, 0) is 6.42 Å². The molecule has 21 heavy (non-hydrogen) atoms. The zero-order valence-electron chi connectivity index (χ0n) is 11.7. The number of hydrogen-bond acceptors (Lipinski definition) is 4. The first-order valence-corrected chi connectivity index (χ1v) is 6.79. The second-order valence-electron chi connectivity index (χ2n) is 4.85. The Kier molecular flexibility index (Phi) is 3.73. The second-order valence-corrected chi connectivity index (χ2v) is 4.85. The Hall–Kier alpha value is -2.56. The molecule has 0 fully saturated rings. The van der Waals surface area contributed by atoms with Gasteiger partial charge in [-0.25, -0.2) is 4.98 Å². The van der Waals surface area contributed by atoms with Gasteiger partial charge in [0.1, 0.15) is 11.9 Å². The molecule has 0 radical (unpaired) electrons. The minimum absolute atomic E-state index is 0.0184. The number of rotatable bonds is 4. The molecule has 0 spiro atoms. The lowest BCUT2D eigenvalue weighted by atomic mass is 10.1. The van der Waals surface area contributed by atoms with Crippen LogP contribution in [0.5, 0.6) is 11.6 Å². The van der Waals surface area contributed by atoms with Crippen LogP contribution >= 0.6 is 0 Å². The van der Waals surface area contributed by atoms with Gasteiger partial charge >= 0.3 is 0 Å². The van der Waals surface area contributed by atoms with Crippen LogP contribution in [0, 0.1) is 0 Å². The third-order valence-corrected chi connectivity index (χ3v) is 3.41. The summed E-state index contributed by atoms with van der Waals surface area (Å²) in [6, 6.07) is 11.2. The first-order chi connectivity index (χ1) is 10.3. The van der Waals surface area contributed by atoms with Gasteiger partial charge in [-0.2, -0.15) is 0 Å². The molecule has 1 N–H and O–H groups in total. The summed E-state index contributed by atoms with van der Waals surface area (Å²) in [5, 5.41) is 2.88. The monoisotopic (exact) mass is 284 g/mol. The molecule has 1 amide bonds. The fraction of sp³-hybridized carbons (Fsp3) is 0.250. The van der Waals surface area contributed by atoms with E-state index < -0.39 is 0 Å². The number of para-hydroxylation sites is 1. The smallest absolute Gasteiger partial charge is 0.251 e. The van der Waals surface area contributed by atoms with E-state index in [0.717, 1.165) is 12.2 Å². The van der Waals surface area contributed by atoms with Crippen molar-refractivity contribution in [1.82, 2.24) is 10.3 Å². The van der Waals surface area contributed by atoms with Crippen LogP contribution in [0.2, 0.25) is 0 Å². The molecule has 0 saturated heterocycles. The number of carbonyl (C=O) groups excluding carboxylic acids is 1. The summed E-state index contributed by atoms with van der Waals surface area (Å²) in [4.78, 5) is 16.1. The summed E-state index contributed by atoms with van der Waals surface area (Å²) in [7, 11) is 1.52. The van der Waals surface area contributed by atoms with Gasteiger partial charge in [0.25, 0.3) is 5.91 Å². The molecule has 1 atom stereocenters. The fourth-order valence-electron chi connectivity index (χ4n) is 2.34. The minimum Gasteiger partial charge on any atom is -0.488 e. The molecule has 2 aromatic rings. The van der Waals surface area contributed by atoms with E-state index in [4.69, 9.17) is 9.47 Å². The highest BCUT2D eigenvalue weighted by Gasteiger charge is 2.22. The average Bonchev–Trinajstić information content (AvgIpc) is 2.95. The second kappa shape index (κ2) is 5.83. The van der Waals surface area contributed by atoms with Gasteiger partial charge in [0, 0.05) is 24.2 Å². The molecule has 0 saturated carbocycles. The van der Waals surface area contributed by atoms with Crippen molar-refractivity contribution in [1.29, 1.82) is 0 Å². The summed E-state index contributed by atoms with van der Waals surface area (Å²) >= 11 is 0. The predicted octanol–water partition coefficient (Wildman–Crippen LogP) is 1.82. The van der Waals surface area contributed by atoms with E-state index in [1.54, 1.807) is 18.3 Å². The van der Waals surface area contributed by atoms with E-state index in [0.29, 0.717) is 18.0 Å². The molecule has 0 aliphatic carbocycles. The third kappa shape index (κ3) is 2.97. The van der Waals surface area contributed by atoms with Crippen molar-refractivity contribution in [3.8, 4) is 11.6 Å². The molecule has 0 unspecified atom stereocenters. The molecule has 108 valence electrons. The molecule has 2 heterocycles. The van der Waals surface area contributed by atoms with Gasteiger partial charge in [0.05, 0.1) is 13.7 Å². The maximum atomic E-state index is 12.1. The van der Waals surface area contributed by atoms with E-state index in [1.807, 2.05) is 24.3 Å². The lowest BCUT2D eigenvalue weighted by Crippen LogP contribution is -2.34. The molecule has 1 aromatic heterocycles. The van der Waals surface area contributed by atoms with E-state index in [1.165, 1.54) is 12.7 Å². The third-order valence-electron chi connectivity index (χ3n) is 3.41. The standard InChI is InChI=1S/C16H16N2O3/c1-20-15-9-12(6-7-17-15)16(19)18-10-13-8-11-4-2-3-5-14(11)21-13/h2-7,9,13H,8,10H2,1H3,(H,18,19)/t13-/m0/s1. The number of fused-ring (bicyclic) bond motifs is 1. The lowest BCUT2D eigenvalue weighted by molar-refractivity contribution is 0.0933. The zero-order valence-corrected chi connectivity index (χ0v) is 11.7. The summed E-state index contributed by atoms with van der Waals surface area (Å²) in [6.45, 7) is 0.470. The number of pyridine rings is 1. The highest BCUT2D eigenvalue weighted by atomic mass is 16.5. The predicted molar refractivity (Wildman–Crippen MR) is 77.7 cm³/mol. The van der Waals surface area contributed by atoms with Crippen molar-refractivity contribution in [3.63, 3.8) is 0 Å². The lowest BCUT2D eigenvalue weighted by Gasteiger charge is -2.12. The topological polar surface area (TPSA) is 60.5 Å². The van der Waals surface area contributed by atoms with E-state index in [2.05, 4.69) is 10.3 Å². The summed E-state index contributed by atoms with van der Waals surface area (Å²) < 4.78 is 10.8. The summed E-state index contributed by atoms with van der Waals surface area (Å²) in [5.74, 6) is 1.17. The van der Waals surface area contributed by atoms with Crippen LogP contribution in [0.25, 0.3) is 0 Å². The number of hydrogen-bond donors (Lipinski definition) is 1. The number of ether oxygens (including phenoxy) is 2. The Morgan fingerprint density at radius 1 is 1.43 bits per heavy atom. The van der Waals surface area contributed by atoms with Crippen molar-refractivity contribution in [2.75, 3.05) is 13.7 Å². The SMILES string of the molecule is COc1cc(C(=O)NC[C@@H]2Cc3ccccc3O2)ccn1. The summed E-state index contributed by atoms with van der Waals surface area (Å²) in [5.41, 5.74) is 1.71. The molecule has 0 bridgehead atoms. The van der Waals surface area contributed by atoms with Crippen LogP contribution < -0.4 is 14.8 Å². The number of aromatic nitrogens is 1. The number of amides is 1. The highest BCUT2D eigenvalue weighted by molar-refractivity contribution is 5.94. The van der Waals surface area contributed by atoms with Crippen LogP contribution in [-0.4, -0.2) is 30.6 Å². The van der Waals surface area contributed by atoms with Gasteiger partial charge in [-0.3, -0.25) is 4.79 Å². The van der Waals surface area contributed by atoms with Crippen LogP contribution in [0.1, 0.15) is 15.9 Å². The molecule has 1 aliphatic rings. The van der Waals surface area contributed by atoms with Gasteiger partial charge in [0.15, 0.2) is 0 Å². The Morgan fingerprint density at radius 2 is 2.29 bits per heavy atom. The summed E-state index contributed by atoms with van der Waals surface area (Å²) in [6.07, 6.45) is 2.35. The number of nitrogens with zero attached hydrogens (tertiary/aromatic N) is 1. The quantitative estimate of drug-likeness (QED) is 0.930. The Balaban J connectivity index is 1.57. The number of methoxy groups -OCH3 is 1. The molecule has 5 heteroatoms. The minimum atomic E-state index is -0.157. The Labute approximate surface area is 122 Å². The Morgan fingerprint density at radius 3 is 3.10 bits per heavy atom. The molecule has 1 aliphatic heterocycles. The molecular formula is C16H16N2O3. The maximum absolute atomic E-state index is 12.1. The molecule has 1 aromatic carbocycles. The molecular weight excluding hydrogens is 268 g/mol. The normalized spacial score (nSPS) is 16.0. The van der Waals surface area contributed by atoms with Crippen molar-refractivity contribution >= 4 is 5.91 Å².